The quantitative estimate of drug-likeness (QED) is 0.469. The number of benzene rings is 3. The SMILES string of the molecule is FC(F)=C(c1ccc2ccccc2c1)c1c[nH]c2ccccc12. The summed E-state index contributed by atoms with van der Waals surface area (Å²) < 4.78 is 27.5. The second-order valence-electron chi connectivity index (χ2n) is 5.45. The molecular weight excluding hydrogens is 292 g/mol. The molecule has 3 aromatic carbocycles. The summed E-state index contributed by atoms with van der Waals surface area (Å²) in [5, 5.41) is 2.78. The monoisotopic (exact) mass is 305 g/mol. The standard InChI is InChI=1S/C20H13F2N/c21-20(22)19(17-12-23-18-8-4-3-7-16(17)18)15-10-9-13-5-1-2-6-14(13)11-15/h1-12,23H. The first-order chi connectivity index (χ1) is 11.2. The Morgan fingerprint density at radius 3 is 2.35 bits per heavy atom. The van der Waals surface area contributed by atoms with E-state index in [0.29, 0.717) is 11.1 Å². The molecule has 0 saturated carbocycles. The molecule has 0 fully saturated rings. The van der Waals surface area contributed by atoms with Crippen LogP contribution < -0.4 is 0 Å². The Labute approximate surface area is 131 Å². The topological polar surface area (TPSA) is 15.8 Å². The zero-order valence-electron chi connectivity index (χ0n) is 12.2. The highest BCUT2D eigenvalue weighted by atomic mass is 19.3. The summed E-state index contributed by atoms with van der Waals surface area (Å²) >= 11 is 0. The van der Waals surface area contributed by atoms with Crippen LogP contribution in [0.15, 0.2) is 79.0 Å². The van der Waals surface area contributed by atoms with Gasteiger partial charge in [-0.05, 0) is 28.5 Å². The molecular formula is C20H13F2N. The largest absolute Gasteiger partial charge is 0.361 e. The van der Waals surface area contributed by atoms with Crippen molar-refractivity contribution in [2.24, 2.45) is 0 Å². The van der Waals surface area contributed by atoms with Gasteiger partial charge in [0.15, 0.2) is 0 Å². The first-order valence-electron chi connectivity index (χ1n) is 7.35. The summed E-state index contributed by atoms with van der Waals surface area (Å²) in [5.74, 6) is 0. The summed E-state index contributed by atoms with van der Waals surface area (Å²) in [7, 11) is 0. The van der Waals surface area contributed by atoms with Crippen LogP contribution in [0.2, 0.25) is 0 Å². The third-order valence-corrected chi connectivity index (χ3v) is 4.09. The van der Waals surface area contributed by atoms with Gasteiger partial charge in [-0.3, -0.25) is 0 Å². The van der Waals surface area contributed by atoms with Crippen LogP contribution in [0.3, 0.4) is 0 Å². The smallest absolute Gasteiger partial charge is 0.278 e. The van der Waals surface area contributed by atoms with Crippen LogP contribution in [0.25, 0.3) is 27.2 Å². The number of rotatable bonds is 2. The predicted molar refractivity (Wildman–Crippen MR) is 90.5 cm³/mol. The van der Waals surface area contributed by atoms with Crippen LogP contribution in [0, 0.1) is 0 Å². The molecule has 0 aliphatic carbocycles. The summed E-state index contributed by atoms with van der Waals surface area (Å²) in [4.78, 5) is 3.06. The molecule has 0 unspecified atom stereocenters. The fourth-order valence-corrected chi connectivity index (χ4v) is 2.99. The van der Waals surface area contributed by atoms with Crippen molar-refractivity contribution >= 4 is 27.2 Å². The minimum atomic E-state index is -1.68. The van der Waals surface area contributed by atoms with Gasteiger partial charge in [-0.15, -0.1) is 0 Å². The Balaban J connectivity index is 1.96. The fraction of sp³-hybridized carbons (Fsp3) is 0. The van der Waals surface area contributed by atoms with E-state index in [-0.39, 0.29) is 5.57 Å². The molecule has 1 aromatic heterocycles. The van der Waals surface area contributed by atoms with E-state index in [1.165, 1.54) is 0 Å². The molecule has 4 aromatic rings. The van der Waals surface area contributed by atoms with Crippen LogP contribution in [-0.2, 0) is 0 Å². The lowest BCUT2D eigenvalue weighted by atomic mass is 9.96. The average Bonchev–Trinajstić information content (AvgIpc) is 2.99. The third kappa shape index (κ3) is 2.30. The van der Waals surface area contributed by atoms with Gasteiger partial charge >= 0.3 is 0 Å². The molecule has 1 heterocycles. The maximum Gasteiger partial charge on any atom is 0.278 e. The molecule has 0 spiro atoms. The van der Waals surface area contributed by atoms with Gasteiger partial charge in [0, 0.05) is 22.7 Å². The predicted octanol–water partition coefficient (Wildman–Crippen LogP) is 5.98. The van der Waals surface area contributed by atoms with E-state index in [4.69, 9.17) is 0 Å². The van der Waals surface area contributed by atoms with E-state index >= 15 is 0 Å². The van der Waals surface area contributed by atoms with Crippen molar-refractivity contribution in [3.8, 4) is 0 Å². The average molecular weight is 305 g/mol. The maximum absolute atomic E-state index is 13.7. The zero-order chi connectivity index (χ0) is 15.8. The van der Waals surface area contributed by atoms with Crippen LogP contribution in [0.5, 0.6) is 0 Å². The number of nitrogens with one attached hydrogen (secondary N) is 1. The summed E-state index contributed by atoms with van der Waals surface area (Å²) in [6, 6.07) is 20.7. The Hall–Kier alpha value is -2.94. The highest BCUT2D eigenvalue weighted by Crippen LogP contribution is 2.34. The number of halogens is 2. The highest BCUT2D eigenvalue weighted by Gasteiger charge is 2.16. The molecule has 0 amide bonds. The molecule has 1 N–H and O–H groups in total. The zero-order valence-corrected chi connectivity index (χ0v) is 12.2. The molecule has 3 heteroatoms. The number of para-hydroxylation sites is 1. The summed E-state index contributed by atoms with van der Waals surface area (Å²) in [6.07, 6.45) is -0.0287. The number of fused-ring (bicyclic) bond motifs is 2. The normalized spacial score (nSPS) is 11.0. The summed E-state index contributed by atoms with van der Waals surface area (Å²) in [6.45, 7) is 0. The van der Waals surface area contributed by atoms with E-state index in [0.717, 1.165) is 21.7 Å². The number of H-pyrrole nitrogens is 1. The fourth-order valence-electron chi connectivity index (χ4n) is 2.99. The van der Waals surface area contributed by atoms with Gasteiger partial charge in [0.05, 0.1) is 5.57 Å². The van der Waals surface area contributed by atoms with Gasteiger partial charge in [0.1, 0.15) is 0 Å². The maximum atomic E-state index is 13.7. The number of aromatic nitrogens is 1. The van der Waals surface area contributed by atoms with Gasteiger partial charge in [-0.2, -0.15) is 8.78 Å². The van der Waals surface area contributed by atoms with Crippen molar-refractivity contribution in [1.82, 2.24) is 4.98 Å². The highest BCUT2D eigenvalue weighted by molar-refractivity contribution is 5.98. The van der Waals surface area contributed by atoms with Crippen LogP contribution in [0.4, 0.5) is 8.78 Å². The van der Waals surface area contributed by atoms with Gasteiger partial charge in [-0.1, -0.05) is 54.6 Å². The minimum Gasteiger partial charge on any atom is -0.361 e. The molecule has 0 aliphatic heterocycles. The molecule has 0 bridgehead atoms. The Morgan fingerprint density at radius 1 is 0.783 bits per heavy atom. The van der Waals surface area contributed by atoms with Crippen molar-refractivity contribution in [2.45, 2.75) is 0 Å². The molecule has 0 radical (unpaired) electrons. The van der Waals surface area contributed by atoms with E-state index in [1.54, 1.807) is 12.3 Å². The van der Waals surface area contributed by atoms with E-state index in [2.05, 4.69) is 4.98 Å². The molecule has 112 valence electrons. The second-order valence-corrected chi connectivity index (χ2v) is 5.45. The molecule has 4 rings (SSSR count). The van der Waals surface area contributed by atoms with E-state index in [1.807, 2.05) is 60.7 Å². The van der Waals surface area contributed by atoms with Crippen LogP contribution in [0.1, 0.15) is 11.1 Å². The van der Waals surface area contributed by atoms with Crippen molar-refractivity contribution in [2.75, 3.05) is 0 Å². The first-order valence-corrected chi connectivity index (χ1v) is 7.35. The number of hydrogen-bond donors (Lipinski definition) is 1. The van der Waals surface area contributed by atoms with Crippen molar-refractivity contribution < 1.29 is 8.78 Å². The van der Waals surface area contributed by atoms with Crippen molar-refractivity contribution in [3.05, 3.63) is 90.1 Å². The van der Waals surface area contributed by atoms with Crippen molar-refractivity contribution in [3.63, 3.8) is 0 Å². The van der Waals surface area contributed by atoms with Gasteiger partial charge in [-0.25, -0.2) is 0 Å². The molecule has 0 saturated heterocycles. The summed E-state index contributed by atoms with van der Waals surface area (Å²) in [5.41, 5.74) is 1.87. The molecule has 0 aliphatic rings. The van der Waals surface area contributed by atoms with Crippen LogP contribution >= 0.6 is 0 Å². The lowest BCUT2D eigenvalue weighted by molar-refractivity contribution is 0.426. The lowest BCUT2D eigenvalue weighted by Crippen LogP contribution is -1.89. The van der Waals surface area contributed by atoms with Gasteiger partial charge in [0.25, 0.3) is 6.08 Å². The Kier molecular flexibility index (Phi) is 3.19. The van der Waals surface area contributed by atoms with Gasteiger partial charge in [0.2, 0.25) is 0 Å². The number of hydrogen-bond acceptors (Lipinski definition) is 0. The van der Waals surface area contributed by atoms with E-state index < -0.39 is 6.08 Å². The molecule has 1 nitrogen and oxygen atoms in total. The van der Waals surface area contributed by atoms with Crippen LogP contribution in [-0.4, -0.2) is 4.98 Å². The Morgan fingerprint density at radius 2 is 1.52 bits per heavy atom. The van der Waals surface area contributed by atoms with Gasteiger partial charge < -0.3 is 4.98 Å². The molecule has 23 heavy (non-hydrogen) atoms. The first kappa shape index (κ1) is 13.7. The third-order valence-electron chi connectivity index (χ3n) is 4.09. The minimum absolute atomic E-state index is 0.0202. The van der Waals surface area contributed by atoms with Crippen molar-refractivity contribution in [1.29, 1.82) is 0 Å². The number of aromatic amines is 1. The van der Waals surface area contributed by atoms with E-state index in [9.17, 15) is 8.78 Å². The Bertz CT molecular complexity index is 1040. The second kappa shape index (κ2) is 5.36. The molecule has 0 atom stereocenters. The lowest BCUT2D eigenvalue weighted by Gasteiger charge is -2.08.